The largest absolute Gasteiger partial charge is 0.366 e. The number of carbonyl (C=O) groups is 1. The molecule has 0 saturated heterocycles. The molecule has 1 aromatic heterocycles. The Balaban J connectivity index is 0.00000147. The summed E-state index contributed by atoms with van der Waals surface area (Å²) < 4.78 is 5.22. The number of halogens is 1. The number of carbonyl (C=O) groups excluding carboxylic acids is 1. The molecule has 1 amide bonds. The molecular weight excluding hydrogens is 280 g/mol. The van der Waals surface area contributed by atoms with E-state index in [9.17, 15) is 4.79 Å². The minimum absolute atomic E-state index is 0. The monoisotopic (exact) mass is 294 g/mol. The lowest BCUT2D eigenvalue weighted by atomic mass is 9.77. The predicted molar refractivity (Wildman–Crippen MR) is 75.2 cm³/mol. The first kappa shape index (κ1) is 14.5. The number of hydrogen-bond acceptors (Lipinski definition) is 5. The third kappa shape index (κ3) is 2.39. The van der Waals surface area contributed by atoms with Crippen molar-refractivity contribution in [2.24, 2.45) is 11.5 Å². The van der Waals surface area contributed by atoms with E-state index < -0.39 is 11.4 Å². The van der Waals surface area contributed by atoms with Crippen LogP contribution in [0.5, 0.6) is 0 Å². The Morgan fingerprint density at radius 1 is 1.25 bits per heavy atom. The van der Waals surface area contributed by atoms with Crippen LogP contribution in [-0.4, -0.2) is 16.0 Å². The fraction of sp³-hybridized carbons (Fsp3) is 0.308. The van der Waals surface area contributed by atoms with Crippen LogP contribution >= 0.6 is 12.4 Å². The lowest BCUT2D eigenvalue weighted by molar-refractivity contribution is 0.100. The van der Waals surface area contributed by atoms with Gasteiger partial charge < -0.3 is 16.0 Å². The molecule has 20 heavy (non-hydrogen) atoms. The molecule has 3 rings (SSSR count). The molecule has 4 N–H and O–H groups in total. The van der Waals surface area contributed by atoms with Crippen molar-refractivity contribution in [3.63, 3.8) is 0 Å². The molecule has 1 saturated carbocycles. The van der Waals surface area contributed by atoms with Crippen molar-refractivity contribution in [1.82, 2.24) is 10.1 Å². The zero-order valence-electron chi connectivity index (χ0n) is 10.7. The van der Waals surface area contributed by atoms with Gasteiger partial charge in [0.15, 0.2) is 5.82 Å². The summed E-state index contributed by atoms with van der Waals surface area (Å²) in [6.07, 6.45) is 2.85. The summed E-state index contributed by atoms with van der Waals surface area (Å²) in [6, 6.07) is 6.70. The Kier molecular flexibility index (Phi) is 3.78. The van der Waals surface area contributed by atoms with E-state index in [4.69, 9.17) is 16.0 Å². The molecule has 1 fully saturated rings. The number of amides is 1. The smallest absolute Gasteiger partial charge is 0.257 e. The summed E-state index contributed by atoms with van der Waals surface area (Å²) in [7, 11) is 0. The Morgan fingerprint density at radius 2 is 1.90 bits per heavy atom. The highest BCUT2D eigenvalue weighted by Crippen LogP contribution is 2.37. The van der Waals surface area contributed by atoms with E-state index in [1.807, 2.05) is 0 Å². The maximum Gasteiger partial charge on any atom is 0.257 e. The van der Waals surface area contributed by atoms with Gasteiger partial charge in [-0.25, -0.2) is 0 Å². The second kappa shape index (κ2) is 5.22. The molecule has 0 radical (unpaired) electrons. The molecule has 1 aliphatic rings. The van der Waals surface area contributed by atoms with Gasteiger partial charge in [0.2, 0.25) is 5.91 Å². The van der Waals surface area contributed by atoms with Gasteiger partial charge in [0.25, 0.3) is 5.89 Å². The van der Waals surface area contributed by atoms with Crippen LogP contribution in [0.15, 0.2) is 28.8 Å². The van der Waals surface area contributed by atoms with E-state index in [0.717, 1.165) is 24.8 Å². The summed E-state index contributed by atoms with van der Waals surface area (Å²) >= 11 is 0. The SMILES string of the molecule is Cl.NC(=O)c1ccc(-c2nc(C3(N)CCC3)no2)cc1. The number of benzene rings is 1. The summed E-state index contributed by atoms with van der Waals surface area (Å²) in [6.45, 7) is 0. The second-order valence-corrected chi connectivity index (χ2v) is 4.87. The third-order valence-corrected chi connectivity index (χ3v) is 3.53. The van der Waals surface area contributed by atoms with Gasteiger partial charge in [-0.05, 0) is 43.5 Å². The zero-order valence-corrected chi connectivity index (χ0v) is 11.5. The lowest BCUT2D eigenvalue weighted by Gasteiger charge is -2.34. The zero-order chi connectivity index (χ0) is 13.5. The Morgan fingerprint density at radius 3 is 2.40 bits per heavy atom. The summed E-state index contributed by atoms with van der Waals surface area (Å²) in [4.78, 5) is 15.3. The fourth-order valence-electron chi connectivity index (χ4n) is 2.10. The van der Waals surface area contributed by atoms with Crippen LogP contribution in [0.4, 0.5) is 0 Å². The van der Waals surface area contributed by atoms with Gasteiger partial charge in [-0.2, -0.15) is 4.98 Å². The molecule has 0 atom stereocenters. The summed E-state index contributed by atoms with van der Waals surface area (Å²) in [5, 5.41) is 3.94. The summed E-state index contributed by atoms with van der Waals surface area (Å²) in [5.41, 5.74) is 12.1. The number of nitrogens with two attached hydrogens (primary N) is 2. The van der Waals surface area contributed by atoms with Gasteiger partial charge in [-0.15, -0.1) is 12.4 Å². The molecule has 7 heteroatoms. The number of primary amides is 1. The molecule has 0 bridgehead atoms. The molecule has 1 aliphatic carbocycles. The van der Waals surface area contributed by atoms with Gasteiger partial charge in [0.05, 0.1) is 5.54 Å². The minimum Gasteiger partial charge on any atom is -0.366 e. The van der Waals surface area contributed by atoms with Crippen LogP contribution in [0.2, 0.25) is 0 Å². The first-order chi connectivity index (χ1) is 9.08. The Hall–Kier alpha value is -1.92. The van der Waals surface area contributed by atoms with Gasteiger partial charge in [0, 0.05) is 11.1 Å². The van der Waals surface area contributed by atoms with Gasteiger partial charge >= 0.3 is 0 Å². The Labute approximate surface area is 121 Å². The van der Waals surface area contributed by atoms with Crippen LogP contribution in [-0.2, 0) is 5.54 Å². The quantitative estimate of drug-likeness (QED) is 0.893. The molecule has 0 unspecified atom stereocenters. The number of hydrogen-bond donors (Lipinski definition) is 2. The maximum absolute atomic E-state index is 11.0. The van der Waals surface area contributed by atoms with Crippen LogP contribution in [0, 0.1) is 0 Å². The molecule has 0 spiro atoms. The van der Waals surface area contributed by atoms with E-state index in [1.165, 1.54) is 0 Å². The minimum atomic E-state index is -0.465. The second-order valence-electron chi connectivity index (χ2n) is 4.87. The van der Waals surface area contributed by atoms with Gasteiger partial charge in [-0.1, -0.05) is 5.16 Å². The van der Waals surface area contributed by atoms with Crippen molar-refractivity contribution in [2.75, 3.05) is 0 Å². The average Bonchev–Trinajstić information content (AvgIpc) is 2.86. The van der Waals surface area contributed by atoms with Crippen LogP contribution in [0.1, 0.15) is 35.4 Å². The molecule has 6 nitrogen and oxygen atoms in total. The molecule has 1 heterocycles. The molecule has 1 aromatic carbocycles. The standard InChI is InChI=1S/C13H14N4O2.ClH/c14-10(18)8-2-4-9(5-3-8)11-16-12(17-19-11)13(15)6-1-7-13;/h2-5H,1,6-7,15H2,(H2,14,18);1H. The maximum atomic E-state index is 11.0. The van der Waals surface area contributed by atoms with Crippen LogP contribution in [0.3, 0.4) is 0 Å². The Bertz CT molecular complexity index is 620. The molecule has 0 aliphatic heterocycles. The predicted octanol–water partition coefficient (Wildman–Crippen LogP) is 1.60. The number of aromatic nitrogens is 2. The van der Waals surface area contributed by atoms with E-state index in [0.29, 0.717) is 17.3 Å². The van der Waals surface area contributed by atoms with Crippen molar-refractivity contribution in [3.8, 4) is 11.5 Å². The lowest BCUT2D eigenvalue weighted by Crippen LogP contribution is -2.44. The fourth-order valence-corrected chi connectivity index (χ4v) is 2.10. The molecular formula is C13H15ClN4O2. The number of nitrogens with zero attached hydrogens (tertiary/aromatic N) is 2. The van der Waals surface area contributed by atoms with E-state index in [2.05, 4.69) is 10.1 Å². The number of rotatable bonds is 3. The third-order valence-electron chi connectivity index (χ3n) is 3.53. The van der Waals surface area contributed by atoms with Crippen molar-refractivity contribution < 1.29 is 9.32 Å². The molecule has 2 aromatic rings. The van der Waals surface area contributed by atoms with Gasteiger partial charge in [-0.3, -0.25) is 4.79 Å². The van der Waals surface area contributed by atoms with Crippen LogP contribution in [0.25, 0.3) is 11.5 Å². The van der Waals surface area contributed by atoms with E-state index in [1.54, 1.807) is 24.3 Å². The molecule has 106 valence electrons. The normalized spacial score (nSPS) is 16.1. The highest BCUT2D eigenvalue weighted by atomic mass is 35.5. The topological polar surface area (TPSA) is 108 Å². The van der Waals surface area contributed by atoms with E-state index >= 15 is 0 Å². The van der Waals surface area contributed by atoms with Crippen molar-refractivity contribution >= 4 is 18.3 Å². The average molecular weight is 295 g/mol. The van der Waals surface area contributed by atoms with Crippen molar-refractivity contribution in [2.45, 2.75) is 24.8 Å². The van der Waals surface area contributed by atoms with Crippen molar-refractivity contribution in [1.29, 1.82) is 0 Å². The highest BCUT2D eigenvalue weighted by Gasteiger charge is 2.39. The van der Waals surface area contributed by atoms with Crippen molar-refractivity contribution in [3.05, 3.63) is 35.7 Å². The first-order valence-electron chi connectivity index (χ1n) is 6.12. The van der Waals surface area contributed by atoms with Crippen LogP contribution < -0.4 is 11.5 Å². The van der Waals surface area contributed by atoms with E-state index in [-0.39, 0.29) is 12.4 Å². The van der Waals surface area contributed by atoms with Gasteiger partial charge in [0.1, 0.15) is 0 Å². The summed E-state index contributed by atoms with van der Waals surface area (Å²) in [5.74, 6) is 0.489. The highest BCUT2D eigenvalue weighted by molar-refractivity contribution is 5.93. The first-order valence-corrected chi connectivity index (χ1v) is 6.12.